The van der Waals surface area contributed by atoms with E-state index >= 15 is 0 Å². The molecule has 0 atom stereocenters. The van der Waals surface area contributed by atoms with Crippen LogP contribution in [0.4, 0.5) is 13.2 Å². The Morgan fingerprint density at radius 3 is 2.29 bits per heavy atom. The van der Waals surface area contributed by atoms with Crippen LogP contribution in [0, 0.1) is 0 Å². The van der Waals surface area contributed by atoms with Crippen molar-refractivity contribution in [2.75, 3.05) is 0 Å². The predicted octanol–water partition coefficient (Wildman–Crippen LogP) is 3.29. The van der Waals surface area contributed by atoms with Crippen molar-refractivity contribution in [1.29, 1.82) is 0 Å². The van der Waals surface area contributed by atoms with Gasteiger partial charge in [0.1, 0.15) is 0 Å². The first kappa shape index (κ1) is 15.4. The van der Waals surface area contributed by atoms with E-state index in [1.165, 1.54) is 17.1 Å². The highest BCUT2D eigenvalue weighted by atomic mass is 19.4. The van der Waals surface area contributed by atoms with Gasteiger partial charge >= 0.3 is 6.18 Å². The summed E-state index contributed by atoms with van der Waals surface area (Å²) in [6.07, 6.45) is -1.79. The lowest BCUT2D eigenvalue weighted by molar-refractivity contribution is -0.137. The van der Waals surface area contributed by atoms with Crippen LogP contribution in [-0.2, 0) is 12.7 Å². The minimum atomic E-state index is -4.33. The second-order valence-corrected chi connectivity index (χ2v) is 5.15. The molecule has 6 heteroatoms. The molecule has 114 valence electrons. The largest absolute Gasteiger partial charge is 0.416 e. The normalized spacial score (nSPS) is 16.3. The van der Waals surface area contributed by atoms with Gasteiger partial charge < -0.3 is 10.7 Å². The van der Waals surface area contributed by atoms with Gasteiger partial charge in [0.15, 0.2) is 0 Å². The van der Waals surface area contributed by atoms with Crippen LogP contribution in [-0.4, -0.2) is 5.01 Å². The maximum atomic E-state index is 12.5. The Hall–Kier alpha value is -1.95. The summed E-state index contributed by atoms with van der Waals surface area (Å²) in [7, 11) is 0. The van der Waals surface area contributed by atoms with Crippen LogP contribution >= 0.6 is 0 Å². The van der Waals surface area contributed by atoms with Crippen molar-refractivity contribution in [2.45, 2.75) is 32.0 Å². The highest BCUT2D eigenvalue weighted by Gasteiger charge is 2.30. The maximum Gasteiger partial charge on any atom is 0.416 e. The summed E-state index contributed by atoms with van der Waals surface area (Å²) in [6.45, 7) is 4.23. The zero-order chi connectivity index (χ0) is 15.6. The molecule has 2 rings (SSSR count). The monoisotopic (exact) mass is 297 g/mol. The van der Waals surface area contributed by atoms with Crippen LogP contribution in [0.15, 0.2) is 47.8 Å². The Morgan fingerprint density at radius 1 is 1.14 bits per heavy atom. The van der Waals surface area contributed by atoms with Crippen LogP contribution in [0.3, 0.4) is 0 Å². The smallest absolute Gasteiger partial charge is 0.400 e. The molecule has 1 aliphatic carbocycles. The van der Waals surface area contributed by atoms with E-state index in [4.69, 9.17) is 11.6 Å². The average molecular weight is 297 g/mol. The molecule has 0 saturated carbocycles. The number of hydrogen-bond acceptors (Lipinski definition) is 3. The molecule has 1 aromatic rings. The predicted molar refractivity (Wildman–Crippen MR) is 75.4 cm³/mol. The summed E-state index contributed by atoms with van der Waals surface area (Å²) >= 11 is 0. The third-order valence-corrected chi connectivity index (χ3v) is 3.49. The van der Waals surface area contributed by atoms with Crippen molar-refractivity contribution in [3.05, 3.63) is 58.9 Å². The summed E-state index contributed by atoms with van der Waals surface area (Å²) in [5.41, 5.74) is 8.23. The summed E-state index contributed by atoms with van der Waals surface area (Å²) in [6, 6.07) is 4.95. The van der Waals surface area contributed by atoms with E-state index in [1.807, 2.05) is 0 Å². The number of halogens is 3. The fourth-order valence-corrected chi connectivity index (χ4v) is 2.42. The molecule has 21 heavy (non-hydrogen) atoms. The molecule has 4 N–H and O–H groups in total. The van der Waals surface area contributed by atoms with E-state index in [0.717, 1.165) is 37.0 Å². The summed E-state index contributed by atoms with van der Waals surface area (Å²) in [5, 5.41) is 1.46. The zero-order valence-corrected chi connectivity index (χ0v) is 11.6. The Morgan fingerprint density at radius 2 is 1.76 bits per heavy atom. The van der Waals surface area contributed by atoms with Crippen molar-refractivity contribution < 1.29 is 13.2 Å². The molecule has 3 nitrogen and oxygen atoms in total. The van der Waals surface area contributed by atoms with Gasteiger partial charge in [0.05, 0.1) is 17.8 Å². The molecule has 0 radical (unpaired) electrons. The van der Waals surface area contributed by atoms with Gasteiger partial charge in [0.25, 0.3) is 0 Å². The van der Waals surface area contributed by atoms with Crippen molar-refractivity contribution >= 4 is 0 Å². The maximum absolute atomic E-state index is 12.5. The number of hydrazine groups is 1. The number of benzene rings is 1. The van der Waals surface area contributed by atoms with E-state index in [0.29, 0.717) is 17.0 Å². The van der Waals surface area contributed by atoms with Crippen LogP contribution in [0.25, 0.3) is 0 Å². The van der Waals surface area contributed by atoms with Gasteiger partial charge in [-0.3, -0.25) is 0 Å². The van der Waals surface area contributed by atoms with Crippen LogP contribution in [0.1, 0.15) is 30.4 Å². The van der Waals surface area contributed by atoms with E-state index in [2.05, 4.69) is 6.58 Å². The van der Waals surface area contributed by atoms with Crippen molar-refractivity contribution in [2.24, 2.45) is 11.6 Å². The Bertz CT molecular complexity index is 559. The Labute approximate surface area is 121 Å². The van der Waals surface area contributed by atoms with Crippen molar-refractivity contribution in [1.82, 2.24) is 5.01 Å². The molecule has 1 aliphatic rings. The van der Waals surface area contributed by atoms with E-state index in [-0.39, 0.29) is 6.54 Å². The highest BCUT2D eigenvalue weighted by molar-refractivity contribution is 5.34. The third kappa shape index (κ3) is 3.58. The minimum Gasteiger partial charge on any atom is -0.400 e. The number of alkyl halides is 3. The molecule has 0 bridgehead atoms. The molecule has 0 aromatic heterocycles. The summed E-state index contributed by atoms with van der Waals surface area (Å²) < 4.78 is 37.5. The van der Waals surface area contributed by atoms with Crippen molar-refractivity contribution in [3.63, 3.8) is 0 Å². The molecule has 0 fully saturated rings. The third-order valence-electron chi connectivity index (χ3n) is 3.49. The van der Waals surface area contributed by atoms with Crippen LogP contribution in [0.2, 0.25) is 0 Å². The lowest BCUT2D eigenvalue weighted by Crippen LogP contribution is -2.34. The number of nitrogens with two attached hydrogens (primary N) is 2. The molecule has 0 spiro atoms. The average Bonchev–Trinajstić information content (AvgIpc) is 2.38. The second kappa shape index (κ2) is 5.81. The quantitative estimate of drug-likeness (QED) is 0.665. The van der Waals surface area contributed by atoms with Gasteiger partial charge in [-0.25, -0.2) is 5.84 Å². The fraction of sp³-hybridized carbons (Fsp3) is 0.333. The molecule has 0 aliphatic heterocycles. The molecule has 0 unspecified atom stereocenters. The first-order valence-corrected chi connectivity index (χ1v) is 6.64. The van der Waals surface area contributed by atoms with Gasteiger partial charge in [-0.1, -0.05) is 18.7 Å². The van der Waals surface area contributed by atoms with Gasteiger partial charge in [-0.15, -0.1) is 0 Å². The molecule has 1 aromatic carbocycles. The summed E-state index contributed by atoms with van der Waals surface area (Å²) in [4.78, 5) is 0. The number of hydrogen-bond donors (Lipinski definition) is 2. The van der Waals surface area contributed by atoms with Crippen LogP contribution in [0.5, 0.6) is 0 Å². The van der Waals surface area contributed by atoms with Crippen LogP contribution < -0.4 is 11.6 Å². The van der Waals surface area contributed by atoms with E-state index in [9.17, 15) is 13.2 Å². The second-order valence-electron chi connectivity index (χ2n) is 5.15. The molecular weight excluding hydrogens is 279 g/mol. The summed E-state index contributed by atoms with van der Waals surface area (Å²) in [5.74, 6) is 6.00. The Balaban J connectivity index is 2.13. The molecule has 0 heterocycles. The van der Waals surface area contributed by atoms with Gasteiger partial charge in [0, 0.05) is 5.70 Å². The first-order valence-electron chi connectivity index (χ1n) is 6.64. The lowest BCUT2D eigenvalue weighted by Gasteiger charge is -2.28. The van der Waals surface area contributed by atoms with Gasteiger partial charge in [-0.2, -0.15) is 13.2 Å². The van der Waals surface area contributed by atoms with Gasteiger partial charge in [-0.05, 0) is 42.5 Å². The molecule has 0 amide bonds. The fourth-order valence-electron chi connectivity index (χ4n) is 2.42. The SMILES string of the molecule is C=C1CCCC(N)=C1N(N)Cc1ccc(C(F)(F)F)cc1. The number of rotatable bonds is 3. The molecule has 0 saturated heterocycles. The Kier molecular flexibility index (Phi) is 4.27. The van der Waals surface area contributed by atoms with E-state index < -0.39 is 11.7 Å². The molecular formula is C15H18F3N3. The first-order chi connectivity index (χ1) is 9.79. The lowest BCUT2D eigenvalue weighted by atomic mass is 9.96. The zero-order valence-electron chi connectivity index (χ0n) is 11.6. The minimum absolute atomic E-state index is 0.285. The standard InChI is InChI=1S/C15H18F3N3/c1-10-3-2-4-13(19)14(10)21(20)9-11-5-7-12(8-6-11)15(16,17)18/h5-8H,1-4,9,19-20H2. The van der Waals surface area contributed by atoms with Gasteiger partial charge in [0.2, 0.25) is 0 Å². The number of allylic oxidation sites excluding steroid dienone is 2. The van der Waals surface area contributed by atoms with E-state index in [1.54, 1.807) is 0 Å². The number of nitrogens with zero attached hydrogens (tertiary/aromatic N) is 1. The van der Waals surface area contributed by atoms with Crippen molar-refractivity contribution in [3.8, 4) is 0 Å². The topological polar surface area (TPSA) is 55.3 Å². The highest BCUT2D eigenvalue weighted by Crippen LogP contribution is 2.30.